The smallest absolute Gasteiger partial charge is 0.119 e. The van der Waals surface area contributed by atoms with Crippen molar-refractivity contribution in [1.82, 2.24) is 0 Å². The second kappa shape index (κ2) is 4.60. The average molecular weight is 246 g/mol. The van der Waals surface area contributed by atoms with Crippen LogP contribution in [0.5, 0.6) is 5.75 Å². The number of benzene rings is 1. The zero-order valence-corrected chi connectivity index (χ0v) is 8.91. The Hall–Kier alpha value is -0.580. The summed E-state index contributed by atoms with van der Waals surface area (Å²) in [4.78, 5) is 0. The zero-order chi connectivity index (χ0) is 9.84. The number of rotatable bonds is 3. The van der Waals surface area contributed by atoms with E-state index in [9.17, 15) is 0 Å². The van der Waals surface area contributed by atoms with Crippen LogP contribution in [0.25, 0.3) is 0 Å². The molecule has 0 radical (unpaired) electrons. The van der Waals surface area contributed by atoms with Gasteiger partial charge in [0.25, 0.3) is 0 Å². The molecular weight excluding hydrogens is 234 g/mol. The lowest BCUT2D eigenvalue weighted by atomic mass is 10.1. The third-order valence-electron chi connectivity index (χ3n) is 1.80. The molecule has 13 heavy (non-hydrogen) atoms. The van der Waals surface area contributed by atoms with E-state index in [1.165, 1.54) is 0 Å². The van der Waals surface area contributed by atoms with Crippen molar-refractivity contribution in [1.29, 1.82) is 0 Å². The molecule has 1 aromatic carbocycles. The number of aliphatic hydroxyl groups excluding tert-OH is 1. The predicted octanol–water partition coefficient (Wildman–Crippen LogP) is 1.45. The average Bonchev–Trinajstić information content (AvgIpc) is 2.17. The number of halogens is 1. The Labute approximate surface area is 85.6 Å². The Kier molecular flexibility index (Phi) is 3.71. The molecule has 72 valence electrons. The van der Waals surface area contributed by atoms with Gasteiger partial charge >= 0.3 is 0 Å². The highest BCUT2D eigenvalue weighted by Gasteiger charge is 2.09. The number of hydrogen-bond donors (Lipinski definition) is 2. The third kappa shape index (κ3) is 2.43. The van der Waals surface area contributed by atoms with Crippen molar-refractivity contribution in [3.63, 3.8) is 0 Å². The molecule has 0 aliphatic carbocycles. The molecule has 0 aliphatic rings. The molecule has 0 bridgehead atoms. The summed E-state index contributed by atoms with van der Waals surface area (Å²) in [5.74, 6) is 0.738. The molecule has 0 aromatic heterocycles. The molecule has 1 unspecified atom stereocenters. The summed E-state index contributed by atoms with van der Waals surface area (Å²) in [5, 5.41) is 8.89. The van der Waals surface area contributed by atoms with E-state index >= 15 is 0 Å². The van der Waals surface area contributed by atoms with E-state index in [0.29, 0.717) is 0 Å². The van der Waals surface area contributed by atoms with Crippen LogP contribution in [-0.4, -0.2) is 18.8 Å². The van der Waals surface area contributed by atoms with E-state index in [-0.39, 0.29) is 12.6 Å². The molecule has 0 fully saturated rings. The van der Waals surface area contributed by atoms with Gasteiger partial charge in [0.05, 0.1) is 19.8 Å². The monoisotopic (exact) mass is 245 g/mol. The highest BCUT2D eigenvalue weighted by molar-refractivity contribution is 9.10. The summed E-state index contributed by atoms with van der Waals surface area (Å²) in [6, 6.07) is 5.12. The van der Waals surface area contributed by atoms with Gasteiger partial charge in [-0.25, -0.2) is 0 Å². The number of hydrogen-bond acceptors (Lipinski definition) is 3. The molecule has 0 amide bonds. The molecule has 0 saturated heterocycles. The Bertz CT molecular complexity index is 291. The number of ether oxygens (including phenoxy) is 1. The predicted molar refractivity (Wildman–Crippen MR) is 54.7 cm³/mol. The van der Waals surface area contributed by atoms with E-state index in [1.54, 1.807) is 7.11 Å². The Morgan fingerprint density at radius 3 is 2.85 bits per heavy atom. The number of methoxy groups -OCH3 is 1. The van der Waals surface area contributed by atoms with Crippen molar-refractivity contribution >= 4 is 15.9 Å². The van der Waals surface area contributed by atoms with Crippen LogP contribution in [0.3, 0.4) is 0 Å². The Balaban J connectivity index is 3.03. The lowest BCUT2D eigenvalue weighted by Gasteiger charge is -2.12. The molecule has 0 heterocycles. The summed E-state index contributed by atoms with van der Waals surface area (Å²) < 4.78 is 5.93. The highest BCUT2D eigenvalue weighted by Crippen LogP contribution is 2.26. The van der Waals surface area contributed by atoms with Gasteiger partial charge in [-0.1, -0.05) is 15.9 Å². The van der Waals surface area contributed by atoms with Crippen LogP contribution in [-0.2, 0) is 0 Å². The van der Waals surface area contributed by atoms with Crippen LogP contribution in [0.15, 0.2) is 22.7 Å². The maximum atomic E-state index is 8.89. The van der Waals surface area contributed by atoms with Crippen LogP contribution in [0, 0.1) is 0 Å². The first-order valence-corrected chi connectivity index (χ1v) is 4.68. The van der Waals surface area contributed by atoms with Gasteiger partial charge in [0.15, 0.2) is 0 Å². The summed E-state index contributed by atoms with van der Waals surface area (Å²) in [6.45, 7) is -0.0776. The molecule has 1 rings (SSSR count). The van der Waals surface area contributed by atoms with Crippen LogP contribution >= 0.6 is 15.9 Å². The fourth-order valence-corrected chi connectivity index (χ4v) is 1.57. The van der Waals surface area contributed by atoms with Gasteiger partial charge in [-0.05, 0) is 23.8 Å². The normalized spacial score (nSPS) is 12.6. The summed E-state index contributed by atoms with van der Waals surface area (Å²) in [7, 11) is 1.59. The van der Waals surface area contributed by atoms with Crippen molar-refractivity contribution < 1.29 is 9.84 Å². The summed E-state index contributed by atoms with van der Waals surface area (Å²) in [5.41, 5.74) is 6.53. The van der Waals surface area contributed by atoms with Gasteiger partial charge in [0.1, 0.15) is 5.75 Å². The van der Waals surface area contributed by atoms with Gasteiger partial charge in [0, 0.05) is 4.47 Å². The molecule has 3 nitrogen and oxygen atoms in total. The minimum atomic E-state index is -0.371. The van der Waals surface area contributed by atoms with Crippen LogP contribution in [0.4, 0.5) is 0 Å². The van der Waals surface area contributed by atoms with Crippen LogP contribution in [0.2, 0.25) is 0 Å². The maximum Gasteiger partial charge on any atom is 0.119 e. The molecule has 0 saturated carbocycles. The summed E-state index contributed by atoms with van der Waals surface area (Å²) in [6.07, 6.45) is 0. The van der Waals surface area contributed by atoms with E-state index in [1.807, 2.05) is 18.2 Å². The number of nitrogens with two attached hydrogens (primary N) is 1. The molecule has 1 aromatic rings. The first-order valence-electron chi connectivity index (χ1n) is 3.89. The first-order chi connectivity index (χ1) is 6.19. The van der Waals surface area contributed by atoms with Gasteiger partial charge in [-0.15, -0.1) is 0 Å². The van der Waals surface area contributed by atoms with Crippen molar-refractivity contribution in [3.05, 3.63) is 28.2 Å². The fourth-order valence-electron chi connectivity index (χ4n) is 1.03. The SMILES string of the molecule is COc1ccc(Br)c(C(N)CO)c1. The van der Waals surface area contributed by atoms with E-state index in [4.69, 9.17) is 15.6 Å². The van der Waals surface area contributed by atoms with Gasteiger partial charge in [-0.3, -0.25) is 0 Å². The largest absolute Gasteiger partial charge is 0.497 e. The summed E-state index contributed by atoms with van der Waals surface area (Å²) >= 11 is 3.35. The van der Waals surface area contributed by atoms with Crippen molar-refractivity contribution in [3.8, 4) is 5.75 Å². The topological polar surface area (TPSA) is 55.5 Å². The van der Waals surface area contributed by atoms with Crippen molar-refractivity contribution in [2.75, 3.05) is 13.7 Å². The molecule has 0 aliphatic heterocycles. The quantitative estimate of drug-likeness (QED) is 0.848. The lowest BCUT2D eigenvalue weighted by molar-refractivity contribution is 0.267. The van der Waals surface area contributed by atoms with E-state index in [2.05, 4.69) is 15.9 Å². The van der Waals surface area contributed by atoms with Gasteiger partial charge < -0.3 is 15.6 Å². The van der Waals surface area contributed by atoms with Crippen LogP contribution in [0.1, 0.15) is 11.6 Å². The molecule has 0 spiro atoms. The Morgan fingerprint density at radius 1 is 1.62 bits per heavy atom. The minimum Gasteiger partial charge on any atom is -0.497 e. The second-order valence-corrected chi connectivity index (χ2v) is 3.53. The van der Waals surface area contributed by atoms with Crippen LogP contribution < -0.4 is 10.5 Å². The van der Waals surface area contributed by atoms with Gasteiger partial charge in [-0.2, -0.15) is 0 Å². The van der Waals surface area contributed by atoms with E-state index < -0.39 is 0 Å². The fraction of sp³-hybridized carbons (Fsp3) is 0.333. The number of aliphatic hydroxyl groups is 1. The van der Waals surface area contributed by atoms with Gasteiger partial charge in [0.2, 0.25) is 0 Å². The Morgan fingerprint density at radius 2 is 2.31 bits per heavy atom. The molecular formula is C9H12BrNO2. The minimum absolute atomic E-state index is 0.0776. The standard InChI is InChI=1S/C9H12BrNO2/c1-13-6-2-3-8(10)7(4-6)9(11)5-12/h2-4,9,12H,5,11H2,1H3. The third-order valence-corrected chi connectivity index (χ3v) is 2.52. The highest BCUT2D eigenvalue weighted by atomic mass is 79.9. The second-order valence-electron chi connectivity index (χ2n) is 2.68. The molecule has 1 atom stereocenters. The lowest BCUT2D eigenvalue weighted by Crippen LogP contribution is -2.15. The maximum absolute atomic E-state index is 8.89. The van der Waals surface area contributed by atoms with Crippen molar-refractivity contribution in [2.24, 2.45) is 5.73 Å². The first kappa shape index (κ1) is 10.5. The molecule has 3 N–H and O–H groups in total. The molecule has 4 heteroatoms. The van der Waals surface area contributed by atoms with E-state index in [0.717, 1.165) is 15.8 Å². The zero-order valence-electron chi connectivity index (χ0n) is 7.33. The van der Waals surface area contributed by atoms with Crippen molar-refractivity contribution in [2.45, 2.75) is 6.04 Å².